The van der Waals surface area contributed by atoms with E-state index in [4.69, 9.17) is 4.74 Å². The summed E-state index contributed by atoms with van der Waals surface area (Å²) >= 11 is 0. The molecule has 0 bridgehead atoms. The van der Waals surface area contributed by atoms with Crippen molar-refractivity contribution in [3.63, 3.8) is 0 Å². The van der Waals surface area contributed by atoms with Crippen LogP contribution < -0.4 is 0 Å². The molecule has 18 heavy (non-hydrogen) atoms. The number of rotatable bonds is 4. The maximum absolute atomic E-state index is 10.5. The minimum Gasteiger partial charge on any atom is -0.385 e. The second kappa shape index (κ2) is 5.04. The molecular weight excluding hydrogens is 226 g/mol. The van der Waals surface area contributed by atoms with Crippen molar-refractivity contribution in [3.8, 4) is 0 Å². The van der Waals surface area contributed by atoms with Crippen molar-refractivity contribution < 1.29 is 9.84 Å². The van der Waals surface area contributed by atoms with Gasteiger partial charge < -0.3 is 9.84 Å². The standard InChI is InChI=1S/C15H19NO2/c1-4-18-15(2,3)14(17)12-7-5-6-11-8-9-16-10-13(11)12/h5-10,14,17H,4H2,1-3H3. The Morgan fingerprint density at radius 2 is 2.11 bits per heavy atom. The van der Waals surface area contributed by atoms with Crippen LogP contribution in [0.4, 0.5) is 0 Å². The largest absolute Gasteiger partial charge is 0.385 e. The van der Waals surface area contributed by atoms with Crippen molar-refractivity contribution in [1.29, 1.82) is 0 Å². The maximum Gasteiger partial charge on any atom is 0.108 e. The number of ether oxygens (including phenoxy) is 1. The monoisotopic (exact) mass is 245 g/mol. The highest BCUT2D eigenvalue weighted by Crippen LogP contribution is 2.32. The van der Waals surface area contributed by atoms with Crippen LogP contribution in [0, 0.1) is 0 Å². The molecule has 0 aliphatic carbocycles. The average molecular weight is 245 g/mol. The molecule has 1 heterocycles. The van der Waals surface area contributed by atoms with Gasteiger partial charge in [0.1, 0.15) is 6.10 Å². The Morgan fingerprint density at radius 1 is 1.33 bits per heavy atom. The van der Waals surface area contributed by atoms with E-state index in [9.17, 15) is 5.11 Å². The van der Waals surface area contributed by atoms with Crippen LogP contribution in [0.1, 0.15) is 32.4 Å². The number of aromatic nitrogens is 1. The SMILES string of the molecule is CCOC(C)(C)C(O)c1cccc2ccncc12. The second-order valence-corrected chi connectivity index (χ2v) is 4.88. The zero-order valence-electron chi connectivity index (χ0n) is 11.1. The molecule has 3 nitrogen and oxygen atoms in total. The minimum atomic E-state index is -0.676. The molecule has 0 aliphatic heterocycles. The number of aliphatic hydroxyl groups is 1. The van der Waals surface area contributed by atoms with Crippen molar-refractivity contribution in [2.45, 2.75) is 32.5 Å². The van der Waals surface area contributed by atoms with E-state index < -0.39 is 11.7 Å². The molecule has 3 heteroatoms. The minimum absolute atomic E-state index is 0.576. The summed E-state index contributed by atoms with van der Waals surface area (Å²) in [5.74, 6) is 0. The molecule has 1 N–H and O–H groups in total. The summed E-state index contributed by atoms with van der Waals surface area (Å²) in [6, 6.07) is 7.83. The van der Waals surface area contributed by atoms with Crippen molar-refractivity contribution in [1.82, 2.24) is 4.98 Å². The summed E-state index contributed by atoms with van der Waals surface area (Å²) in [5.41, 5.74) is 0.248. The van der Waals surface area contributed by atoms with Crippen molar-refractivity contribution in [3.05, 3.63) is 42.2 Å². The van der Waals surface area contributed by atoms with Crippen molar-refractivity contribution >= 4 is 10.8 Å². The third-order valence-electron chi connectivity index (χ3n) is 3.19. The molecule has 2 rings (SSSR count). The molecule has 96 valence electrons. The smallest absolute Gasteiger partial charge is 0.108 e. The van der Waals surface area contributed by atoms with Crippen LogP contribution >= 0.6 is 0 Å². The predicted octanol–water partition coefficient (Wildman–Crippen LogP) is 3.08. The molecule has 1 unspecified atom stereocenters. The highest BCUT2D eigenvalue weighted by atomic mass is 16.5. The van der Waals surface area contributed by atoms with E-state index in [1.165, 1.54) is 0 Å². The Morgan fingerprint density at radius 3 is 2.83 bits per heavy atom. The van der Waals surface area contributed by atoms with Gasteiger partial charge in [-0.3, -0.25) is 4.98 Å². The van der Waals surface area contributed by atoms with Crippen LogP contribution in [-0.2, 0) is 4.74 Å². The Balaban J connectivity index is 2.48. The summed E-state index contributed by atoms with van der Waals surface area (Å²) in [6.07, 6.45) is 2.87. The van der Waals surface area contributed by atoms with E-state index in [2.05, 4.69) is 4.98 Å². The molecule has 0 amide bonds. The molecule has 0 radical (unpaired) electrons. The van der Waals surface area contributed by atoms with Crippen molar-refractivity contribution in [2.75, 3.05) is 6.61 Å². The summed E-state index contributed by atoms with van der Waals surface area (Å²) in [6.45, 7) is 6.30. The maximum atomic E-state index is 10.5. The van der Waals surface area contributed by atoms with Gasteiger partial charge in [-0.1, -0.05) is 18.2 Å². The number of hydrogen-bond donors (Lipinski definition) is 1. The van der Waals surface area contributed by atoms with E-state index >= 15 is 0 Å². The highest BCUT2D eigenvalue weighted by Gasteiger charge is 2.30. The van der Waals surface area contributed by atoms with E-state index in [0.717, 1.165) is 16.3 Å². The van der Waals surface area contributed by atoms with E-state index in [-0.39, 0.29) is 0 Å². The first-order chi connectivity index (χ1) is 8.56. The lowest BCUT2D eigenvalue weighted by molar-refractivity contribution is -0.0978. The lowest BCUT2D eigenvalue weighted by Gasteiger charge is -2.31. The third-order valence-corrected chi connectivity index (χ3v) is 3.19. The number of pyridine rings is 1. The first-order valence-electron chi connectivity index (χ1n) is 6.21. The van der Waals surface area contributed by atoms with Crippen LogP contribution in [0.15, 0.2) is 36.7 Å². The molecule has 0 saturated heterocycles. The number of hydrogen-bond acceptors (Lipinski definition) is 3. The summed E-state index contributed by atoms with van der Waals surface area (Å²) < 4.78 is 5.62. The van der Waals surface area contributed by atoms with Crippen LogP contribution in [0.2, 0.25) is 0 Å². The number of nitrogens with zero attached hydrogens (tertiary/aromatic N) is 1. The summed E-state index contributed by atoms with van der Waals surface area (Å²) in [4.78, 5) is 4.13. The quantitative estimate of drug-likeness (QED) is 0.900. The van der Waals surface area contributed by atoms with Gasteiger partial charge in [0.05, 0.1) is 5.60 Å². The van der Waals surface area contributed by atoms with Gasteiger partial charge in [-0.2, -0.15) is 0 Å². The molecule has 1 aromatic heterocycles. The van der Waals surface area contributed by atoms with E-state index in [1.54, 1.807) is 12.4 Å². The van der Waals surface area contributed by atoms with Gasteiger partial charge in [0.15, 0.2) is 0 Å². The zero-order chi connectivity index (χ0) is 13.2. The Hall–Kier alpha value is -1.45. The van der Waals surface area contributed by atoms with Gasteiger partial charge in [0.2, 0.25) is 0 Å². The number of benzene rings is 1. The third kappa shape index (κ3) is 2.37. The summed E-state index contributed by atoms with van der Waals surface area (Å²) in [7, 11) is 0. The van der Waals surface area contributed by atoms with Crippen LogP contribution in [0.25, 0.3) is 10.8 Å². The zero-order valence-corrected chi connectivity index (χ0v) is 11.1. The fourth-order valence-corrected chi connectivity index (χ4v) is 2.20. The topological polar surface area (TPSA) is 42.4 Å². The fraction of sp³-hybridized carbons (Fsp3) is 0.400. The summed E-state index contributed by atoms with van der Waals surface area (Å²) in [5, 5.41) is 12.6. The van der Waals surface area contributed by atoms with Crippen LogP contribution in [-0.4, -0.2) is 22.3 Å². The van der Waals surface area contributed by atoms with Crippen molar-refractivity contribution in [2.24, 2.45) is 0 Å². The first-order valence-corrected chi connectivity index (χ1v) is 6.21. The van der Waals surface area contributed by atoms with E-state index in [1.807, 2.05) is 45.0 Å². The van der Waals surface area contributed by atoms with Gasteiger partial charge >= 0.3 is 0 Å². The molecule has 0 saturated carbocycles. The fourth-order valence-electron chi connectivity index (χ4n) is 2.20. The molecule has 1 atom stereocenters. The predicted molar refractivity (Wildman–Crippen MR) is 72.4 cm³/mol. The van der Waals surface area contributed by atoms with Gasteiger partial charge in [-0.05, 0) is 37.8 Å². The average Bonchev–Trinajstić information content (AvgIpc) is 2.37. The molecule has 2 aromatic rings. The van der Waals surface area contributed by atoms with Gasteiger partial charge in [-0.25, -0.2) is 0 Å². The van der Waals surface area contributed by atoms with Crippen LogP contribution in [0.3, 0.4) is 0 Å². The lowest BCUT2D eigenvalue weighted by Crippen LogP contribution is -2.32. The van der Waals surface area contributed by atoms with E-state index in [0.29, 0.717) is 6.61 Å². The Labute approximate surface area is 107 Å². The van der Waals surface area contributed by atoms with Crippen LogP contribution in [0.5, 0.6) is 0 Å². The molecule has 0 aliphatic rings. The second-order valence-electron chi connectivity index (χ2n) is 4.88. The molecule has 0 fully saturated rings. The van der Waals surface area contributed by atoms with Gasteiger partial charge in [0, 0.05) is 24.4 Å². The number of fused-ring (bicyclic) bond motifs is 1. The normalized spacial score (nSPS) is 13.8. The Kier molecular flexibility index (Phi) is 3.64. The highest BCUT2D eigenvalue weighted by molar-refractivity contribution is 5.85. The molecule has 0 spiro atoms. The van der Waals surface area contributed by atoms with Gasteiger partial charge in [0.25, 0.3) is 0 Å². The number of aliphatic hydroxyl groups excluding tert-OH is 1. The lowest BCUT2D eigenvalue weighted by atomic mass is 9.91. The Bertz CT molecular complexity index is 532. The molecular formula is C15H19NO2. The first kappa shape index (κ1) is 13.0. The molecule has 1 aromatic carbocycles. The van der Waals surface area contributed by atoms with Gasteiger partial charge in [-0.15, -0.1) is 0 Å².